The molecule has 0 radical (unpaired) electrons. The van der Waals surface area contributed by atoms with Gasteiger partial charge in [0.05, 0.1) is 0 Å². The number of aromatic nitrogens is 1. The zero-order valence-electron chi connectivity index (χ0n) is 12.2. The number of hydrogen-bond donors (Lipinski definition) is 0. The van der Waals surface area contributed by atoms with Gasteiger partial charge in [-0.3, -0.25) is 4.98 Å². The Hall–Kier alpha value is -1.31. The molecule has 0 aromatic carbocycles. The van der Waals surface area contributed by atoms with Crippen molar-refractivity contribution in [3.05, 3.63) is 30.1 Å². The van der Waals surface area contributed by atoms with Crippen molar-refractivity contribution >= 4 is 11.3 Å². The quantitative estimate of drug-likeness (QED) is 0.775. The van der Waals surface area contributed by atoms with Crippen LogP contribution >= 0.6 is 0 Å². The minimum absolute atomic E-state index is 0.990. The van der Waals surface area contributed by atoms with Gasteiger partial charge >= 0.3 is 0 Å². The van der Waals surface area contributed by atoms with E-state index in [2.05, 4.69) is 50.3 Å². The lowest BCUT2D eigenvalue weighted by molar-refractivity contribution is 0.958. The molecule has 0 saturated carbocycles. The van der Waals surface area contributed by atoms with Gasteiger partial charge in [-0.25, -0.2) is 0 Å². The average Bonchev–Trinajstić information content (AvgIpc) is 2.28. The van der Waals surface area contributed by atoms with Gasteiger partial charge in [0.2, 0.25) is 0 Å². The van der Waals surface area contributed by atoms with Gasteiger partial charge in [0.15, 0.2) is 0 Å². The Morgan fingerprint density at radius 1 is 1.35 bits per heavy atom. The largest absolute Gasteiger partial charge is 0.374 e. The van der Waals surface area contributed by atoms with E-state index in [0.29, 0.717) is 0 Å². The van der Waals surface area contributed by atoms with Crippen LogP contribution in [0.4, 0.5) is 5.69 Å². The molecule has 96 valence electrons. The molecule has 17 heavy (non-hydrogen) atoms. The van der Waals surface area contributed by atoms with Gasteiger partial charge in [-0.2, -0.15) is 0 Å². The minimum Gasteiger partial charge on any atom is -0.374 e. The van der Waals surface area contributed by atoms with Crippen LogP contribution in [0.5, 0.6) is 0 Å². The van der Waals surface area contributed by atoms with E-state index in [1.165, 1.54) is 12.1 Å². The van der Waals surface area contributed by atoms with Crippen LogP contribution in [0.15, 0.2) is 18.8 Å². The van der Waals surface area contributed by atoms with Crippen molar-refractivity contribution in [3.63, 3.8) is 0 Å². The summed E-state index contributed by atoms with van der Waals surface area (Å²) >= 11 is 0. The van der Waals surface area contributed by atoms with E-state index in [1.807, 2.05) is 20.0 Å². The fourth-order valence-corrected chi connectivity index (χ4v) is 1.36. The maximum atomic E-state index is 4.29. The monoisotopic (exact) mass is 234 g/mol. The fourth-order valence-electron chi connectivity index (χ4n) is 1.36. The third-order valence-corrected chi connectivity index (χ3v) is 2.36. The molecule has 0 amide bonds. The van der Waals surface area contributed by atoms with Crippen LogP contribution in [0.25, 0.3) is 5.57 Å². The van der Waals surface area contributed by atoms with Gasteiger partial charge in [0.25, 0.3) is 0 Å². The Labute approximate surface area is 106 Å². The summed E-state index contributed by atoms with van der Waals surface area (Å²) in [6.07, 6.45) is 3.15. The number of rotatable bonds is 3. The molecule has 1 rings (SSSR count). The molecule has 1 aromatic heterocycles. The molecule has 0 aliphatic carbocycles. The van der Waals surface area contributed by atoms with Gasteiger partial charge in [0.1, 0.15) is 0 Å². The molecule has 0 saturated heterocycles. The molecule has 0 bridgehead atoms. The summed E-state index contributed by atoms with van der Waals surface area (Å²) in [7, 11) is 2.08. The van der Waals surface area contributed by atoms with Crippen LogP contribution in [0.3, 0.4) is 0 Å². The summed E-state index contributed by atoms with van der Waals surface area (Å²) < 4.78 is 0. The standard InChI is InChI=1S/C12H18N2.C3H8/c1-6-14(5)12-7-10(4)13-8-11(12)9(2)3;1-3-2/h7-8H,2,6H2,1,3-5H3;3H2,1-2H3. The van der Waals surface area contributed by atoms with Gasteiger partial charge in [-0.1, -0.05) is 26.8 Å². The number of hydrogen-bond acceptors (Lipinski definition) is 2. The molecule has 1 aromatic rings. The number of pyridine rings is 1. The highest BCUT2D eigenvalue weighted by atomic mass is 15.1. The smallest absolute Gasteiger partial charge is 0.0473 e. The Bertz CT molecular complexity index is 356. The highest BCUT2D eigenvalue weighted by molar-refractivity contribution is 5.74. The molecule has 0 atom stereocenters. The van der Waals surface area contributed by atoms with Crippen molar-refractivity contribution < 1.29 is 0 Å². The predicted octanol–water partition coefficient (Wildman–Crippen LogP) is 4.30. The number of allylic oxidation sites excluding steroid dienone is 1. The van der Waals surface area contributed by atoms with E-state index in [0.717, 1.165) is 23.4 Å². The van der Waals surface area contributed by atoms with Crippen molar-refractivity contribution in [2.24, 2.45) is 0 Å². The Kier molecular flexibility index (Phi) is 7.27. The summed E-state index contributed by atoms with van der Waals surface area (Å²) in [5.41, 5.74) is 4.46. The maximum absolute atomic E-state index is 4.29. The van der Waals surface area contributed by atoms with E-state index in [9.17, 15) is 0 Å². The van der Waals surface area contributed by atoms with Crippen molar-refractivity contribution in [2.45, 2.75) is 41.0 Å². The predicted molar refractivity (Wildman–Crippen MR) is 78.6 cm³/mol. The Balaban J connectivity index is 0.000000770. The van der Waals surface area contributed by atoms with E-state index in [-0.39, 0.29) is 0 Å². The average molecular weight is 234 g/mol. The van der Waals surface area contributed by atoms with Crippen LogP contribution in [0, 0.1) is 6.92 Å². The zero-order valence-corrected chi connectivity index (χ0v) is 12.2. The maximum Gasteiger partial charge on any atom is 0.0473 e. The summed E-state index contributed by atoms with van der Waals surface area (Å²) in [6.45, 7) is 15.4. The lowest BCUT2D eigenvalue weighted by Gasteiger charge is -2.20. The molecular weight excluding hydrogens is 208 g/mol. The van der Waals surface area contributed by atoms with Crippen LogP contribution in [0.1, 0.15) is 45.4 Å². The van der Waals surface area contributed by atoms with Crippen molar-refractivity contribution in [1.29, 1.82) is 0 Å². The first-order valence-corrected chi connectivity index (χ1v) is 6.31. The van der Waals surface area contributed by atoms with Crippen LogP contribution in [0.2, 0.25) is 0 Å². The number of anilines is 1. The SMILES string of the molecule is C=C(C)c1cnc(C)cc1N(C)CC.CCC. The highest BCUT2D eigenvalue weighted by Gasteiger charge is 2.07. The molecule has 2 heteroatoms. The topological polar surface area (TPSA) is 16.1 Å². The van der Waals surface area contributed by atoms with Crippen LogP contribution in [-0.2, 0) is 0 Å². The van der Waals surface area contributed by atoms with E-state index < -0.39 is 0 Å². The van der Waals surface area contributed by atoms with Crippen LogP contribution in [-0.4, -0.2) is 18.6 Å². The lowest BCUT2D eigenvalue weighted by Crippen LogP contribution is -2.17. The number of nitrogens with zero attached hydrogens (tertiary/aromatic N) is 2. The fraction of sp³-hybridized carbons (Fsp3) is 0.533. The first-order chi connectivity index (χ1) is 7.97. The van der Waals surface area contributed by atoms with Gasteiger partial charge in [-0.05, 0) is 32.4 Å². The molecule has 0 N–H and O–H groups in total. The Morgan fingerprint density at radius 3 is 2.29 bits per heavy atom. The van der Waals surface area contributed by atoms with E-state index in [1.54, 1.807) is 0 Å². The second kappa shape index (κ2) is 7.88. The van der Waals surface area contributed by atoms with Gasteiger partial charge in [-0.15, -0.1) is 0 Å². The molecule has 1 heterocycles. The number of aryl methyl sites for hydroxylation is 1. The van der Waals surface area contributed by atoms with Gasteiger partial charge < -0.3 is 4.90 Å². The molecular formula is C15H26N2. The second-order valence-electron chi connectivity index (χ2n) is 4.34. The van der Waals surface area contributed by atoms with Gasteiger partial charge in [0, 0.05) is 36.7 Å². The summed E-state index contributed by atoms with van der Waals surface area (Å²) in [5.74, 6) is 0. The highest BCUT2D eigenvalue weighted by Crippen LogP contribution is 2.24. The third-order valence-electron chi connectivity index (χ3n) is 2.36. The lowest BCUT2D eigenvalue weighted by atomic mass is 10.1. The first-order valence-electron chi connectivity index (χ1n) is 6.31. The molecule has 2 nitrogen and oxygen atoms in total. The van der Waals surface area contributed by atoms with Crippen molar-refractivity contribution in [2.75, 3.05) is 18.5 Å². The normalized spacial score (nSPS) is 9.29. The zero-order chi connectivity index (χ0) is 13.4. The summed E-state index contributed by atoms with van der Waals surface area (Å²) in [5, 5.41) is 0. The first kappa shape index (κ1) is 15.7. The second-order valence-corrected chi connectivity index (χ2v) is 4.34. The summed E-state index contributed by atoms with van der Waals surface area (Å²) in [4.78, 5) is 6.50. The minimum atomic E-state index is 0.990. The van der Waals surface area contributed by atoms with Crippen molar-refractivity contribution in [3.8, 4) is 0 Å². The Morgan fingerprint density at radius 2 is 1.88 bits per heavy atom. The van der Waals surface area contributed by atoms with E-state index in [4.69, 9.17) is 0 Å². The molecule has 0 spiro atoms. The van der Waals surface area contributed by atoms with Crippen LogP contribution < -0.4 is 4.90 Å². The molecule has 0 aliphatic heterocycles. The summed E-state index contributed by atoms with van der Waals surface area (Å²) in [6, 6.07) is 2.10. The molecule has 0 unspecified atom stereocenters. The van der Waals surface area contributed by atoms with Crippen molar-refractivity contribution in [1.82, 2.24) is 4.98 Å². The van der Waals surface area contributed by atoms with E-state index >= 15 is 0 Å². The molecule has 0 aliphatic rings. The molecule has 0 fully saturated rings. The third kappa shape index (κ3) is 5.03.